The Hall–Kier alpha value is -1.89. The van der Waals surface area contributed by atoms with Crippen LogP contribution in [-0.2, 0) is 16.6 Å². The predicted octanol–water partition coefficient (Wildman–Crippen LogP) is 3.31. The van der Waals surface area contributed by atoms with Gasteiger partial charge in [-0.05, 0) is 51.6 Å². The van der Waals surface area contributed by atoms with Crippen LogP contribution >= 0.6 is 0 Å². The monoisotopic (exact) mass is 362 g/mol. The molecule has 2 N–H and O–H groups in total. The first-order valence-corrected chi connectivity index (χ1v) is 9.80. The maximum atomic E-state index is 11.4. The molecule has 136 valence electrons. The van der Waals surface area contributed by atoms with Gasteiger partial charge in [-0.15, -0.1) is 0 Å². The summed E-state index contributed by atoms with van der Waals surface area (Å²) in [6, 6.07) is 14.8. The van der Waals surface area contributed by atoms with Gasteiger partial charge in [0.15, 0.2) is 0 Å². The first kappa shape index (κ1) is 19.4. The molecule has 6 heteroatoms. The van der Waals surface area contributed by atoms with Crippen molar-refractivity contribution in [1.82, 2.24) is 4.90 Å². The van der Waals surface area contributed by atoms with Crippen molar-refractivity contribution in [2.24, 2.45) is 5.14 Å². The van der Waals surface area contributed by atoms with Crippen LogP contribution in [-0.4, -0.2) is 26.5 Å². The fourth-order valence-electron chi connectivity index (χ4n) is 2.60. The Labute approximate surface area is 150 Å². The lowest BCUT2D eigenvalue weighted by Crippen LogP contribution is -2.23. The number of nitrogens with zero attached hydrogens (tertiary/aromatic N) is 1. The van der Waals surface area contributed by atoms with E-state index in [-0.39, 0.29) is 17.0 Å². The Morgan fingerprint density at radius 2 is 1.64 bits per heavy atom. The van der Waals surface area contributed by atoms with Gasteiger partial charge in [-0.3, -0.25) is 4.90 Å². The van der Waals surface area contributed by atoms with Gasteiger partial charge in [-0.1, -0.05) is 30.3 Å². The topological polar surface area (TPSA) is 72.6 Å². The molecule has 1 atom stereocenters. The van der Waals surface area contributed by atoms with Crippen LogP contribution in [0.4, 0.5) is 0 Å². The summed E-state index contributed by atoms with van der Waals surface area (Å²) in [5.74, 6) is 0.890. The summed E-state index contributed by atoms with van der Waals surface area (Å²) in [7, 11) is -1.63. The second-order valence-electron chi connectivity index (χ2n) is 6.48. The molecule has 25 heavy (non-hydrogen) atoms. The fraction of sp³-hybridized carbons (Fsp3) is 0.368. The molecular formula is C19H26N2O3S. The minimum absolute atomic E-state index is 0.113. The highest BCUT2D eigenvalue weighted by atomic mass is 32.2. The molecule has 0 saturated heterocycles. The predicted molar refractivity (Wildman–Crippen MR) is 99.9 cm³/mol. The maximum Gasteiger partial charge on any atom is 0.238 e. The lowest BCUT2D eigenvalue weighted by molar-refractivity contribution is 0.222. The van der Waals surface area contributed by atoms with Crippen LogP contribution in [0, 0.1) is 0 Å². The quantitative estimate of drug-likeness (QED) is 0.820. The van der Waals surface area contributed by atoms with Gasteiger partial charge < -0.3 is 4.74 Å². The molecule has 0 aliphatic heterocycles. The summed E-state index contributed by atoms with van der Waals surface area (Å²) in [6.45, 7) is 6.82. The summed E-state index contributed by atoms with van der Waals surface area (Å²) in [5, 5.41) is 5.15. The third-order valence-electron chi connectivity index (χ3n) is 4.11. The van der Waals surface area contributed by atoms with Crippen LogP contribution in [0.1, 0.15) is 37.9 Å². The highest BCUT2D eigenvalue weighted by Gasteiger charge is 2.16. The molecule has 0 radical (unpaired) electrons. The summed E-state index contributed by atoms with van der Waals surface area (Å²) < 4.78 is 28.6. The van der Waals surface area contributed by atoms with Gasteiger partial charge in [0.05, 0.1) is 11.0 Å². The van der Waals surface area contributed by atoms with Gasteiger partial charge in [0, 0.05) is 18.2 Å². The molecule has 0 fully saturated rings. The zero-order valence-corrected chi connectivity index (χ0v) is 16.0. The lowest BCUT2D eigenvalue weighted by atomic mass is 10.1. The molecule has 0 amide bonds. The Bertz CT molecular complexity index is 802. The lowest BCUT2D eigenvalue weighted by Gasteiger charge is -2.26. The fourth-order valence-corrected chi connectivity index (χ4v) is 3.11. The first-order valence-electron chi connectivity index (χ1n) is 8.26. The molecule has 0 aliphatic carbocycles. The van der Waals surface area contributed by atoms with E-state index in [1.807, 2.05) is 39.1 Å². The third kappa shape index (κ3) is 5.29. The highest BCUT2D eigenvalue weighted by Crippen LogP contribution is 2.26. The van der Waals surface area contributed by atoms with E-state index in [2.05, 4.69) is 17.9 Å². The largest absolute Gasteiger partial charge is 0.491 e. The zero-order chi connectivity index (χ0) is 18.6. The maximum absolute atomic E-state index is 11.4. The molecule has 0 heterocycles. The molecule has 2 rings (SSSR count). The normalized spacial score (nSPS) is 13.2. The van der Waals surface area contributed by atoms with Crippen molar-refractivity contribution >= 4 is 10.0 Å². The number of ether oxygens (including phenoxy) is 1. The molecule has 0 bridgehead atoms. The number of primary sulfonamides is 1. The number of para-hydroxylation sites is 1. The molecule has 0 spiro atoms. The Balaban J connectivity index is 2.14. The minimum Gasteiger partial charge on any atom is -0.491 e. The highest BCUT2D eigenvalue weighted by molar-refractivity contribution is 7.89. The van der Waals surface area contributed by atoms with Crippen molar-refractivity contribution in [3.8, 4) is 5.75 Å². The number of nitrogens with two attached hydrogens (primary N) is 1. The van der Waals surface area contributed by atoms with Gasteiger partial charge >= 0.3 is 0 Å². The van der Waals surface area contributed by atoms with Crippen molar-refractivity contribution in [3.05, 3.63) is 59.7 Å². The zero-order valence-electron chi connectivity index (χ0n) is 15.1. The average molecular weight is 362 g/mol. The van der Waals surface area contributed by atoms with Crippen LogP contribution in [0.15, 0.2) is 53.4 Å². The smallest absolute Gasteiger partial charge is 0.238 e. The number of sulfonamides is 1. The molecule has 2 aromatic carbocycles. The van der Waals surface area contributed by atoms with Gasteiger partial charge in [-0.25, -0.2) is 13.6 Å². The second-order valence-corrected chi connectivity index (χ2v) is 8.04. The van der Waals surface area contributed by atoms with Crippen LogP contribution < -0.4 is 9.88 Å². The number of rotatable bonds is 7. The van der Waals surface area contributed by atoms with E-state index in [0.717, 1.165) is 23.4 Å². The third-order valence-corrected chi connectivity index (χ3v) is 5.04. The van der Waals surface area contributed by atoms with Crippen molar-refractivity contribution in [2.75, 3.05) is 7.05 Å². The summed E-state index contributed by atoms with van der Waals surface area (Å²) in [5.41, 5.74) is 2.14. The summed E-state index contributed by atoms with van der Waals surface area (Å²) in [6.07, 6.45) is 0.120. The van der Waals surface area contributed by atoms with E-state index in [1.165, 1.54) is 0 Å². The van der Waals surface area contributed by atoms with Crippen molar-refractivity contribution in [1.29, 1.82) is 0 Å². The van der Waals surface area contributed by atoms with Gasteiger partial charge in [0.25, 0.3) is 0 Å². The molecule has 0 aliphatic rings. The number of hydrogen-bond acceptors (Lipinski definition) is 4. The van der Waals surface area contributed by atoms with Crippen molar-refractivity contribution in [2.45, 2.75) is 44.4 Å². The SMILES string of the molecule is CC(C)Oc1ccccc1CN(C)[C@H](C)c1ccc(S(N)(=O)=O)cc1. The number of benzene rings is 2. The Morgan fingerprint density at radius 1 is 1.04 bits per heavy atom. The van der Waals surface area contributed by atoms with Crippen LogP contribution in [0.5, 0.6) is 5.75 Å². The molecule has 2 aromatic rings. The Morgan fingerprint density at radius 3 is 2.20 bits per heavy atom. The molecule has 0 unspecified atom stereocenters. The van der Waals surface area contributed by atoms with Gasteiger partial charge in [0.1, 0.15) is 5.75 Å². The van der Waals surface area contributed by atoms with Gasteiger partial charge in [-0.2, -0.15) is 0 Å². The molecular weight excluding hydrogens is 336 g/mol. The van der Waals surface area contributed by atoms with E-state index in [0.29, 0.717) is 0 Å². The van der Waals surface area contributed by atoms with Crippen molar-refractivity contribution in [3.63, 3.8) is 0 Å². The summed E-state index contributed by atoms with van der Waals surface area (Å²) >= 11 is 0. The van der Waals surface area contributed by atoms with Gasteiger partial charge in [0.2, 0.25) is 10.0 Å². The van der Waals surface area contributed by atoms with E-state index < -0.39 is 10.0 Å². The van der Waals surface area contributed by atoms with E-state index >= 15 is 0 Å². The second kappa shape index (κ2) is 7.99. The standard InChI is InChI=1S/C19H26N2O3S/c1-14(2)24-19-8-6-5-7-17(19)13-21(4)15(3)16-9-11-18(12-10-16)25(20,22)23/h5-12,14-15H,13H2,1-4H3,(H2,20,22,23)/t15-/m1/s1. The van der Waals surface area contributed by atoms with Crippen LogP contribution in [0.3, 0.4) is 0 Å². The first-order chi connectivity index (χ1) is 11.7. The molecule has 0 saturated carbocycles. The average Bonchev–Trinajstić information content (AvgIpc) is 2.54. The van der Waals surface area contributed by atoms with E-state index in [4.69, 9.17) is 9.88 Å². The summed E-state index contributed by atoms with van der Waals surface area (Å²) in [4.78, 5) is 2.32. The van der Waals surface area contributed by atoms with Crippen LogP contribution in [0.2, 0.25) is 0 Å². The minimum atomic E-state index is -3.66. The van der Waals surface area contributed by atoms with Crippen molar-refractivity contribution < 1.29 is 13.2 Å². The van der Waals surface area contributed by atoms with E-state index in [9.17, 15) is 8.42 Å². The Kier molecular flexibility index (Phi) is 6.21. The van der Waals surface area contributed by atoms with E-state index in [1.54, 1.807) is 24.3 Å². The van der Waals surface area contributed by atoms with Crippen LogP contribution in [0.25, 0.3) is 0 Å². The number of hydrogen-bond donors (Lipinski definition) is 1. The molecule has 0 aromatic heterocycles. The molecule has 5 nitrogen and oxygen atoms in total.